The third-order valence-electron chi connectivity index (χ3n) is 3.28. The molecule has 0 aromatic heterocycles. The first-order valence-electron chi connectivity index (χ1n) is 6.07. The number of methoxy groups -OCH3 is 1. The quantitative estimate of drug-likeness (QED) is 0.897. The van der Waals surface area contributed by atoms with Gasteiger partial charge in [-0.2, -0.15) is 0 Å². The molecule has 0 radical (unpaired) electrons. The van der Waals surface area contributed by atoms with E-state index in [4.69, 9.17) is 16.3 Å². The summed E-state index contributed by atoms with van der Waals surface area (Å²) < 4.78 is 5.27. The highest BCUT2D eigenvalue weighted by Gasteiger charge is 2.22. The summed E-state index contributed by atoms with van der Waals surface area (Å²) in [6.45, 7) is 5.22. The fourth-order valence-electron chi connectivity index (χ4n) is 2.28. The number of ether oxygens (including phenoxy) is 1. The number of hydrogen-bond donors (Lipinski definition) is 1. The number of rotatable bonds is 3. The van der Waals surface area contributed by atoms with Crippen molar-refractivity contribution in [1.29, 1.82) is 0 Å². The molecule has 1 atom stereocenters. The highest BCUT2D eigenvalue weighted by molar-refractivity contribution is 6.33. The van der Waals surface area contributed by atoms with E-state index in [1.807, 2.05) is 18.2 Å². The lowest BCUT2D eigenvalue weighted by atomic mass is 10.1. The van der Waals surface area contributed by atoms with E-state index in [0.717, 1.165) is 42.5 Å². The van der Waals surface area contributed by atoms with Crippen LogP contribution in [0.4, 0.5) is 5.69 Å². The predicted molar refractivity (Wildman–Crippen MR) is 72.3 cm³/mol. The highest BCUT2D eigenvalue weighted by Crippen LogP contribution is 2.32. The first kappa shape index (κ1) is 12.5. The predicted octanol–water partition coefficient (Wildman–Crippen LogP) is 2.54. The second-order valence-corrected chi connectivity index (χ2v) is 4.68. The molecule has 1 aliphatic heterocycles. The summed E-state index contributed by atoms with van der Waals surface area (Å²) in [7, 11) is 1.68. The Balaban J connectivity index is 2.30. The van der Waals surface area contributed by atoms with Crippen LogP contribution in [0.2, 0.25) is 5.02 Å². The molecule has 0 aliphatic carbocycles. The first-order valence-corrected chi connectivity index (χ1v) is 6.45. The van der Waals surface area contributed by atoms with Crippen molar-refractivity contribution in [2.75, 3.05) is 31.6 Å². The summed E-state index contributed by atoms with van der Waals surface area (Å²) in [5.74, 6) is 0.859. The Kier molecular flexibility index (Phi) is 4.13. The lowest BCUT2D eigenvalue weighted by Gasteiger charge is -2.38. The number of benzene rings is 1. The van der Waals surface area contributed by atoms with Gasteiger partial charge in [-0.3, -0.25) is 0 Å². The van der Waals surface area contributed by atoms with Crippen LogP contribution in [0.15, 0.2) is 18.2 Å². The van der Waals surface area contributed by atoms with Crippen LogP contribution in [-0.2, 0) is 0 Å². The van der Waals surface area contributed by atoms with Crippen molar-refractivity contribution < 1.29 is 4.74 Å². The van der Waals surface area contributed by atoms with Gasteiger partial charge in [-0.05, 0) is 18.6 Å². The van der Waals surface area contributed by atoms with Crippen molar-refractivity contribution >= 4 is 17.3 Å². The normalized spacial score (nSPS) is 20.4. The number of hydrogen-bond acceptors (Lipinski definition) is 3. The van der Waals surface area contributed by atoms with E-state index in [-0.39, 0.29) is 0 Å². The van der Waals surface area contributed by atoms with Gasteiger partial charge in [0.25, 0.3) is 0 Å². The molecule has 1 aromatic rings. The number of anilines is 1. The Morgan fingerprint density at radius 2 is 2.35 bits per heavy atom. The third kappa shape index (κ3) is 2.67. The molecule has 17 heavy (non-hydrogen) atoms. The lowest BCUT2D eigenvalue weighted by Crippen LogP contribution is -2.51. The molecule has 1 N–H and O–H groups in total. The number of piperazine rings is 1. The van der Waals surface area contributed by atoms with Gasteiger partial charge in [0.1, 0.15) is 5.75 Å². The number of halogens is 1. The molecule has 0 spiro atoms. The molecule has 1 fully saturated rings. The van der Waals surface area contributed by atoms with Crippen molar-refractivity contribution in [3.8, 4) is 5.75 Å². The molecule has 0 saturated carbocycles. The zero-order valence-electron chi connectivity index (χ0n) is 10.4. The van der Waals surface area contributed by atoms with Crippen LogP contribution >= 0.6 is 11.6 Å². The molecule has 1 aromatic carbocycles. The van der Waals surface area contributed by atoms with Crippen LogP contribution in [0.25, 0.3) is 0 Å². The van der Waals surface area contributed by atoms with Crippen molar-refractivity contribution in [3.63, 3.8) is 0 Å². The van der Waals surface area contributed by atoms with Crippen molar-refractivity contribution in [1.82, 2.24) is 5.32 Å². The Labute approximate surface area is 108 Å². The molecule has 0 amide bonds. The summed E-state index contributed by atoms with van der Waals surface area (Å²) in [6, 6.07) is 6.34. The van der Waals surface area contributed by atoms with Gasteiger partial charge >= 0.3 is 0 Å². The molecule has 1 heterocycles. The van der Waals surface area contributed by atoms with Crippen LogP contribution in [-0.4, -0.2) is 32.8 Å². The first-order chi connectivity index (χ1) is 8.26. The van der Waals surface area contributed by atoms with Crippen molar-refractivity contribution in [2.45, 2.75) is 19.4 Å². The highest BCUT2D eigenvalue weighted by atomic mass is 35.5. The van der Waals surface area contributed by atoms with Crippen LogP contribution in [0.5, 0.6) is 5.75 Å². The van der Waals surface area contributed by atoms with Gasteiger partial charge in [-0.15, -0.1) is 0 Å². The van der Waals surface area contributed by atoms with Crippen molar-refractivity contribution in [2.24, 2.45) is 0 Å². The van der Waals surface area contributed by atoms with Gasteiger partial charge in [-0.25, -0.2) is 0 Å². The molecule has 1 saturated heterocycles. The monoisotopic (exact) mass is 254 g/mol. The van der Waals surface area contributed by atoms with Crippen molar-refractivity contribution in [3.05, 3.63) is 23.2 Å². The van der Waals surface area contributed by atoms with Crippen LogP contribution in [0, 0.1) is 0 Å². The van der Waals surface area contributed by atoms with E-state index in [2.05, 4.69) is 17.1 Å². The van der Waals surface area contributed by atoms with E-state index in [1.54, 1.807) is 7.11 Å². The molecular weight excluding hydrogens is 236 g/mol. The Bertz CT molecular complexity index is 384. The zero-order valence-corrected chi connectivity index (χ0v) is 11.1. The minimum atomic E-state index is 0.508. The third-order valence-corrected chi connectivity index (χ3v) is 3.60. The summed E-state index contributed by atoms with van der Waals surface area (Å²) in [4.78, 5) is 2.38. The van der Waals surface area contributed by atoms with Crippen LogP contribution in [0.1, 0.15) is 13.3 Å². The summed E-state index contributed by atoms with van der Waals surface area (Å²) in [5.41, 5.74) is 1.08. The SMILES string of the molecule is CCC1CNCCN1c1cc(OC)ccc1Cl. The largest absolute Gasteiger partial charge is 0.497 e. The molecule has 2 rings (SSSR count). The van der Waals surface area contributed by atoms with E-state index in [0.29, 0.717) is 6.04 Å². The molecule has 4 heteroatoms. The Morgan fingerprint density at radius 1 is 1.53 bits per heavy atom. The van der Waals surface area contributed by atoms with Gasteiger partial charge in [-0.1, -0.05) is 18.5 Å². The summed E-state index contributed by atoms with van der Waals surface area (Å²) in [6.07, 6.45) is 1.11. The van der Waals surface area contributed by atoms with Gasteiger partial charge in [0.15, 0.2) is 0 Å². The summed E-state index contributed by atoms with van der Waals surface area (Å²) in [5, 5.41) is 4.21. The van der Waals surface area contributed by atoms with Crippen LogP contribution in [0.3, 0.4) is 0 Å². The maximum atomic E-state index is 6.29. The zero-order chi connectivity index (χ0) is 12.3. The molecule has 1 aliphatic rings. The number of nitrogens with one attached hydrogen (secondary N) is 1. The maximum absolute atomic E-state index is 6.29. The van der Waals surface area contributed by atoms with E-state index in [1.165, 1.54) is 0 Å². The molecule has 3 nitrogen and oxygen atoms in total. The maximum Gasteiger partial charge on any atom is 0.121 e. The fraction of sp³-hybridized carbons (Fsp3) is 0.538. The van der Waals surface area contributed by atoms with Gasteiger partial charge in [0, 0.05) is 31.7 Å². The standard InChI is InChI=1S/C13H19ClN2O/c1-3-10-9-15-6-7-16(10)13-8-11(17-2)4-5-12(13)14/h4-5,8,10,15H,3,6-7,9H2,1-2H3. The Morgan fingerprint density at radius 3 is 3.06 bits per heavy atom. The molecular formula is C13H19ClN2O. The van der Waals surface area contributed by atoms with E-state index in [9.17, 15) is 0 Å². The second-order valence-electron chi connectivity index (χ2n) is 4.28. The van der Waals surface area contributed by atoms with E-state index < -0.39 is 0 Å². The Hall–Kier alpha value is -0.930. The second kappa shape index (κ2) is 5.61. The minimum Gasteiger partial charge on any atom is -0.497 e. The minimum absolute atomic E-state index is 0.508. The smallest absolute Gasteiger partial charge is 0.121 e. The van der Waals surface area contributed by atoms with Gasteiger partial charge < -0.3 is 15.0 Å². The average molecular weight is 255 g/mol. The van der Waals surface area contributed by atoms with E-state index >= 15 is 0 Å². The molecule has 94 valence electrons. The fourth-order valence-corrected chi connectivity index (χ4v) is 2.51. The average Bonchev–Trinajstić information content (AvgIpc) is 2.39. The number of nitrogens with zero attached hydrogens (tertiary/aromatic N) is 1. The summed E-state index contributed by atoms with van der Waals surface area (Å²) >= 11 is 6.29. The van der Waals surface area contributed by atoms with Gasteiger partial charge in [0.2, 0.25) is 0 Å². The molecule has 1 unspecified atom stereocenters. The van der Waals surface area contributed by atoms with Gasteiger partial charge in [0.05, 0.1) is 17.8 Å². The topological polar surface area (TPSA) is 24.5 Å². The lowest BCUT2D eigenvalue weighted by molar-refractivity contribution is 0.413. The molecule has 0 bridgehead atoms. The van der Waals surface area contributed by atoms with Crippen LogP contribution < -0.4 is 15.0 Å².